The minimum atomic E-state index is -0.790. The van der Waals surface area contributed by atoms with Gasteiger partial charge in [-0.15, -0.1) is 0 Å². The second kappa shape index (κ2) is 6.43. The molecule has 5 N–H and O–H groups in total. The fourth-order valence-electron chi connectivity index (χ4n) is 2.53. The highest BCUT2D eigenvalue weighted by molar-refractivity contribution is 5.97. The highest BCUT2D eigenvalue weighted by Crippen LogP contribution is 2.24. The number of ether oxygens (including phenoxy) is 1. The molecule has 6 heteroatoms. The maximum atomic E-state index is 10.4. The molecule has 116 valence electrons. The van der Waals surface area contributed by atoms with E-state index < -0.39 is 5.60 Å². The summed E-state index contributed by atoms with van der Waals surface area (Å²) in [7, 11) is 0. The standard InChI is InChI=1S/C15H23N3O3/c1-10-7-12(14(16)18-20)3-4-13(10)8-17-9-15(19)5-6-21-11(15)2/h3-4,7,11,17,19-20H,5-6,8-9H2,1-2H3,(H2,16,18). The smallest absolute Gasteiger partial charge is 0.170 e. The number of aliphatic hydroxyl groups is 1. The zero-order chi connectivity index (χ0) is 15.5. The van der Waals surface area contributed by atoms with Crippen LogP contribution in [0.15, 0.2) is 23.4 Å². The van der Waals surface area contributed by atoms with Gasteiger partial charge in [-0.3, -0.25) is 0 Å². The molecule has 1 aliphatic heterocycles. The lowest BCUT2D eigenvalue weighted by molar-refractivity contribution is -0.0263. The summed E-state index contributed by atoms with van der Waals surface area (Å²) in [5.74, 6) is 0.101. The average molecular weight is 293 g/mol. The molecule has 0 radical (unpaired) electrons. The Morgan fingerprint density at radius 3 is 2.90 bits per heavy atom. The lowest BCUT2D eigenvalue weighted by Crippen LogP contribution is -2.45. The van der Waals surface area contributed by atoms with Gasteiger partial charge >= 0.3 is 0 Å². The highest BCUT2D eigenvalue weighted by atomic mass is 16.5. The van der Waals surface area contributed by atoms with E-state index in [0.717, 1.165) is 11.1 Å². The fourth-order valence-corrected chi connectivity index (χ4v) is 2.53. The predicted octanol–water partition coefficient (Wildman–Crippen LogP) is 0.719. The second-order valence-corrected chi connectivity index (χ2v) is 5.60. The van der Waals surface area contributed by atoms with Crippen molar-refractivity contribution in [1.82, 2.24) is 5.32 Å². The highest BCUT2D eigenvalue weighted by Gasteiger charge is 2.38. The molecule has 0 aliphatic carbocycles. The molecule has 1 aliphatic rings. The number of rotatable bonds is 5. The maximum Gasteiger partial charge on any atom is 0.170 e. The third-order valence-electron chi connectivity index (χ3n) is 4.15. The van der Waals surface area contributed by atoms with Crippen LogP contribution in [0.3, 0.4) is 0 Å². The van der Waals surface area contributed by atoms with Crippen LogP contribution in [-0.4, -0.2) is 41.0 Å². The van der Waals surface area contributed by atoms with E-state index in [9.17, 15) is 5.11 Å². The topological polar surface area (TPSA) is 100 Å². The number of nitrogens with zero attached hydrogens (tertiary/aromatic N) is 1. The van der Waals surface area contributed by atoms with E-state index in [0.29, 0.717) is 31.7 Å². The molecule has 0 bridgehead atoms. The van der Waals surface area contributed by atoms with Crippen LogP contribution in [0.2, 0.25) is 0 Å². The van der Waals surface area contributed by atoms with Gasteiger partial charge in [-0.2, -0.15) is 0 Å². The zero-order valence-corrected chi connectivity index (χ0v) is 12.5. The molecular formula is C15H23N3O3. The van der Waals surface area contributed by atoms with Crippen LogP contribution in [0.4, 0.5) is 0 Å². The van der Waals surface area contributed by atoms with Crippen molar-refractivity contribution in [3.63, 3.8) is 0 Å². The summed E-state index contributed by atoms with van der Waals surface area (Å²) in [6.45, 7) is 5.62. The Morgan fingerprint density at radius 1 is 1.57 bits per heavy atom. The van der Waals surface area contributed by atoms with Crippen molar-refractivity contribution in [2.24, 2.45) is 10.9 Å². The number of amidine groups is 1. The van der Waals surface area contributed by atoms with Gasteiger partial charge in [0.25, 0.3) is 0 Å². The lowest BCUT2D eigenvalue weighted by Gasteiger charge is -2.26. The SMILES string of the molecule is Cc1cc(/C(N)=N/O)ccc1CNCC1(O)CCOC1C. The van der Waals surface area contributed by atoms with Crippen LogP contribution in [0.25, 0.3) is 0 Å². The first-order valence-electron chi connectivity index (χ1n) is 7.08. The molecule has 1 aromatic carbocycles. The molecule has 2 unspecified atom stereocenters. The fraction of sp³-hybridized carbons (Fsp3) is 0.533. The Balaban J connectivity index is 1.95. The zero-order valence-electron chi connectivity index (χ0n) is 12.5. The lowest BCUT2D eigenvalue weighted by atomic mass is 9.96. The molecule has 0 saturated carbocycles. The molecule has 6 nitrogen and oxygen atoms in total. The molecule has 2 rings (SSSR count). The number of aryl methyl sites for hydroxylation is 1. The van der Waals surface area contributed by atoms with E-state index in [4.69, 9.17) is 15.7 Å². The van der Waals surface area contributed by atoms with E-state index >= 15 is 0 Å². The third-order valence-corrected chi connectivity index (χ3v) is 4.15. The number of nitrogens with two attached hydrogens (primary N) is 1. The Labute approximate surface area is 124 Å². The minimum absolute atomic E-state index is 0.101. The first-order chi connectivity index (χ1) is 9.96. The van der Waals surface area contributed by atoms with Gasteiger partial charge in [0.2, 0.25) is 0 Å². The molecule has 1 fully saturated rings. The van der Waals surface area contributed by atoms with Crippen molar-refractivity contribution in [3.05, 3.63) is 34.9 Å². The molecule has 21 heavy (non-hydrogen) atoms. The predicted molar refractivity (Wildman–Crippen MR) is 80.4 cm³/mol. The average Bonchev–Trinajstić information content (AvgIpc) is 2.79. The molecule has 1 saturated heterocycles. The van der Waals surface area contributed by atoms with Crippen LogP contribution in [0.5, 0.6) is 0 Å². The van der Waals surface area contributed by atoms with Gasteiger partial charge in [-0.1, -0.05) is 17.3 Å². The Morgan fingerprint density at radius 2 is 2.33 bits per heavy atom. The minimum Gasteiger partial charge on any atom is -0.409 e. The van der Waals surface area contributed by atoms with E-state index in [1.165, 1.54) is 0 Å². The second-order valence-electron chi connectivity index (χ2n) is 5.60. The van der Waals surface area contributed by atoms with E-state index in [1.54, 1.807) is 0 Å². The third kappa shape index (κ3) is 3.53. The summed E-state index contributed by atoms with van der Waals surface area (Å²) < 4.78 is 5.41. The van der Waals surface area contributed by atoms with Gasteiger partial charge in [0.1, 0.15) is 5.60 Å². The Bertz CT molecular complexity index is 533. The van der Waals surface area contributed by atoms with Gasteiger partial charge in [-0.25, -0.2) is 0 Å². The van der Waals surface area contributed by atoms with Crippen molar-refractivity contribution in [3.8, 4) is 0 Å². The van der Waals surface area contributed by atoms with Crippen LogP contribution >= 0.6 is 0 Å². The van der Waals surface area contributed by atoms with Crippen molar-refractivity contribution >= 4 is 5.84 Å². The van der Waals surface area contributed by atoms with Crippen LogP contribution in [0, 0.1) is 6.92 Å². The number of hydrogen-bond acceptors (Lipinski definition) is 5. The first kappa shape index (κ1) is 15.8. The first-order valence-corrected chi connectivity index (χ1v) is 7.08. The monoisotopic (exact) mass is 293 g/mol. The molecule has 0 aromatic heterocycles. The Hall–Kier alpha value is -1.63. The summed E-state index contributed by atoms with van der Waals surface area (Å²) in [5.41, 5.74) is 7.63. The van der Waals surface area contributed by atoms with E-state index in [-0.39, 0.29) is 11.9 Å². The van der Waals surface area contributed by atoms with Crippen molar-refractivity contribution in [1.29, 1.82) is 0 Å². The molecule has 2 atom stereocenters. The van der Waals surface area contributed by atoms with Gasteiger partial charge in [0.05, 0.1) is 6.10 Å². The van der Waals surface area contributed by atoms with Crippen LogP contribution in [-0.2, 0) is 11.3 Å². The molecule has 1 aromatic rings. The van der Waals surface area contributed by atoms with Crippen LogP contribution in [0.1, 0.15) is 30.0 Å². The van der Waals surface area contributed by atoms with E-state index in [2.05, 4.69) is 10.5 Å². The van der Waals surface area contributed by atoms with Crippen molar-refractivity contribution in [2.75, 3.05) is 13.2 Å². The molecule has 0 amide bonds. The van der Waals surface area contributed by atoms with Crippen LogP contribution < -0.4 is 11.1 Å². The molecule has 0 spiro atoms. The van der Waals surface area contributed by atoms with Gasteiger partial charge < -0.3 is 26.1 Å². The van der Waals surface area contributed by atoms with Gasteiger partial charge in [0, 0.05) is 31.7 Å². The summed E-state index contributed by atoms with van der Waals surface area (Å²) in [4.78, 5) is 0. The summed E-state index contributed by atoms with van der Waals surface area (Å²) in [5, 5.41) is 25.4. The van der Waals surface area contributed by atoms with E-state index in [1.807, 2.05) is 32.0 Å². The number of oxime groups is 1. The number of nitrogens with one attached hydrogen (secondary N) is 1. The van der Waals surface area contributed by atoms with Gasteiger partial charge in [0.15, 0.2) is 5.84 Å². The number of hydrogen-bond donors (Lipinski definition) is 4. The van der Waals surface area contributed by atoms with Crippen molar-refractivity contribution in [2.45, 2.75) is 38.5 Å². The number of benzene rings is 1. The molecular weight excluding hydrogens is 270 g/mol. The van der Waals surface area contributed by atoms with Crippen molar-refractivity contribution < 1.29 is 15.1 Å². The summed E-state index contributed by atoms with van der Waals surface area (Å²) in [6, 6.07) is 5.63. The quantitative estimate of drug-likeness (QED) is 0.277. The maximum absolute atomic E-state index is 10.4. The largest absolute Gasteiger partial charge is 0.409 e. The Kier molecular flexibility index (Phi) is 4.82. The summed E-state index contributed by atoms with van der Waals surface area (Å²) in [6.07, 6.45) is 0.511. The summed E-state index contributed by atoms with van der Waals surface area (Å²) >= 11 is 0. The molecule has 1 heterocycles. The van der Waals surface area contributed by atoms with Gasteiger partial charge in [-0.05, 0) is 31.0 Å². The normalized spacial score (nSPS) is 26.2.